The van der Waals surface area contributed by atoms with E-state index in [0.29, 0.717) is 12.2 Å². The zero-order chi connectivity index (χ0) is 20.1. The average Bonchev–Trinajstić information content (AvgIpc) is 2.78. The topological polar surface area (TPSA) is 66.1 Å². The van der Waals surface area contributed by atoms with Gasteiger partial charge in [-0.05, 0) is 58.5 Å². The first-order valence-electron chi connectivity index (χ1n) is 9.58. The van der Waals surface area contributed by atoms with Gasteiger partial charge in [-0.25, -0.2) is 0 Å². The van der Waals surface area contributed by atoms with Crippen LogP contribution in [0.1, 0.15) is 6.92 Å². The molecule has 4 aromatic carbocycles. The number of nitrogens with zero attached hydrogens (tertiary/aromatic N) is 4. The van der Waals surface area contributed by atoms with Gasteiger partial charge < -0.3 is 5.73 Å². The van der Waals surface area contributed by atoms with Crippen molar-refractivity contribution >= 4 is 39.2 Å². The van der Waals surface area contributed by atoms with Crippen LogP contribution in [-0.4, -0.2) is 6.54 Å². The van der Waals surface area contributed by atoms with Gasteiger partial charge in [0.05, 0.1) is 23.3 Å². The average molecular weight is 380 g/mol. The van der Waals surface area contributed by atoms with Gasteiger partial charge in [0, 0.05) is 12.1 Å². The van der Waals surface area contributed by atoms with E-state index in [0.717, 1.165) is 33.5 Å². The molecule has 0 atom stereocenters. The van der Waals surface area contributed by atoms with Crippen LogP contribution in [0.3, 0.4) is 0 Å². The number of fused-ring (bicyclic) bond motifs is 1. The molecule has 0 radical (unpaired) electrons. The quantitative estimate of drug-likeness (QED) is 0.223. The van der Waals surface area contributed by atoms with Crippen LogP contribution < -0.4 is 10.4 Å². The van der Waals surface area contributed by atoms with E-state index in [2.05, 4.69) is 22.4 Å². The zero-order valence-corrected chi connectivity index (χ0v) is 16.2. The van der Waals surface area contributed by atoms with Gasteiger partial charge >= 0.3 is 0 Å². The first kappa shape index (κ1) is 18.5. The zero-order valence-electron chi connectivity index (χ0n) is 16.2. The molecule has 142 valence electrons. The van der Waals surface area contributed by atoms with Crippen molar-refractivity contribution in [2.45, 2.75) is 6.92 Å². The number of benzene rings is 4. The molecule has 4 rings (SSSR count). The first-order chi connectivity index (χ1) is 14.3. The van der Waals surface area contributed by atoms with Gasteiger partial charge in [0.1, 0.15) is 5.69 Å². The van der Waals surface area contributed by atoms with Crippen LogP contribution >= 0.6 is 0 Å². The molecule has 0 saturated heterocycles. The second-order valence-corrected chi connectivity index (χ2v) is 6.55. The third-order valence-electron chi connectivity index (χ3n) is 4.56. The van der Waals surface area contributed by atoms with Crippen molar-refractivity contribution in [3.63, 3.8) is 0 Å². The van der Waals surface area contributed by atoms with Gasteiger partial charge in [-0.1, -0.05) is 42.5 Å². The van der Waals surface area contributed by atoms with Gasteiger partial charge in [0.15, 0.2) is 0 Å². The maximum Gasteiger partial charge on any atom is 0.268 e. The summed E-state index contributed by atoms with van der Waals surface area (Å²) in [6.07, 6.45) is 0. The first-order valence-corrected chi connectivity index (χ1v) is 9.58. The Kier molecular flexibility index (Phi) is 5.38. The molecular formula is C24H22N5+. The number of azo groups is 3. The highest BCUT2D eigenvalue weighted by molar-refractivity contribution is 5.98. The molecule has 0 bridgehead atoms. The minimum atomic E-state index is 0.637. The smallest absolute Gasteiger partial charge is 0.268 e. The Morgan fingerprint density at radius 2 is 1.38 bits per heavy atom. The largest absolute Gasteiger partial charge is 0.393 e. The number of rotatable bonds is 5. The minimum Gasteiger partial charge on any atom is -0.393 e. The van der Waals surface area contributed by atoms with E-state index in [1.165, 1.54) is 0 Å². The molecule has 0 aliphatic heterocycles. The fourth-order valence-corrected chi connectivity index (χ4v) is 3.20. The van der Waals surface area contributed by atoms with E-state index in [9.17, 15) is 0 Å². The van der Waals surface area contributed by atoms with Crippen molar-refractivity contribution in [2.24, 2.45) is 15.3 Å². The lowest BCUT2D eigenvalue weighted by molar-refractivity contribution is 0.817. The summed E-state index contributed by atoms with van der Waals surface area (Å²) in [6, 6.07) is 29.7. The summed E-state index contributed by atoms with van der Waals surface area (Å²) in [5.74, 6) is 0. The molecule has 4 aromatic rings. The van der Waals surface area contributed by atoms with Crippen LogP contribution in [0.25, 0.3) is 10.8 Å². The Morgan fingerprint density at radius 1 is 0.724 bits per heavy atom. The summed E-state index contributed by atoms with van der Waals surface area (Å²) >= 11 is 0. The summed E-state index contributed by atoms with van der Waals surface area (Å²) in [4.78, 5) is 0. The summed E-state index contributed by atoms with van der Waals surface area (Å²) in [5.41, 5.74) is 10.5. The Hall–Kier alpha value is -3.86. The van der Waals surface area contributed by atoms with Crippen LogP contribution in [0.4, 0.5) is 28.4 Å². The van der Waals surface area contributed by atoms with Crippen LogP contribution in [0, 0.1) is 0 Å². The summed E-state index contributed by atoms with van der Waals surface area (Å²) in [7, 11) is 0. The molecular weight excluding hydrogens is 358 g/mol. The third-order valence-corrected chi connectivity index (χ3v) is 4.56. The predicted molar refractivity (Wildman–Crippen MR) is 120 cm³/mol. The van der Waals surface area contributed by atoms with Crippen LogP contribution in [-0.2, 0) is 0 Å². The van der Waals surface area contributed by atoms with Crippen molar-refractivity contribution < 1.29 is 0 Å². The Morgan fingerprint density at radius 3 is 2.10 bits per heavy atom. The Labute approximate surface area is 169 Å². The van der Waals surface area contributed by atoms with Crippen molar-refractivity contribution in [2.75, 3.05) is 12.3 Å². The number of nitrogen functional groups attached to an aromatic ring is 1. The summed E-state index contributed by atoms with van der Waals surface area (Å²) in [5, 5.41) is 15.5. The molecule has 0 spiro atoms. The number of nitrogens with two attached hydrogens (primary N) is 1. The van der Waals surface area contributed by atoms with E-state index in [1.807, 2.05) is 90.5 Å². The van der Waals surface area contributed by atoms with Gasteiger partial charge in [0.2, 0.25) is 5.69 Å². The van der Waals surface area contributed by atoms with Gasteiger partial charge in [-0.3, -0.25) is 0 Å². The van der Waals surface area contributed by atoms with E-state index >= 15 is 0 Å². The Balaban J connectivity index is 1.72. The van der Waals surface area contributed by atoms with Gasteiger partial charge in [0.25, 0.3) is 5.69 Å². The highest BCUT2D eigenvalue weighted by atomic mass is 15.3. The van der Waals surface area contributed by atoms with Crippen molar-refractivity contribution in [3.8, 4) is 0 Å². The maximum atomic E-state index is 6.36. The number of hydrogen-bond donors (Lipinski definition) is 1. The van der Waals surface area contributed by atoms with Gasteiger partial charge in [-0.2, -0.15) is 10.2 Å². The van der Waals surface area contributed by atoms with E-state index in [4.69, 9.17) is 10.8 Å². The molecule has 0 aliphatic rings. The monoisotopic (exact) mass is 380 g/mol. The SMILES string of the molecule is CCN=[N+](c1ccc(N=Nc2ccccc2)cc1)c1c(N)ccc2ccccc12. The molecule has 0 amide bonds. The standard InChI is InChI=1S/C24H22N5/c1-2-26-29(24-22-11-7-6-8-18(22)12-17-23(24)25)21-15-13-20(14-16-21)28-27-19-9-4-3-5-10-19/h3-17H,2,25H2,1H3/q+1. The molecule has 5 nitrogen and oxygen atoms in total. The van der Waals surface area contributed by atoms with Crippen LogP contribution in [0.2, 0.25) is 0 Å². The lowest BCUT2D eigenvalue weighted by atomic mass is 10.1. The van der Waals surface area contributed by atoms with Crippen LogP contribution in [0.5, 0.6) is 0 Å². The Bertz CT molecular complexity index is 1180. The molecule has 5 heteroatoms. The number of hydrogen-bond acceptors (Lipinski definition) is 4. The summed E-state index contributed by atoms with van der Waals surface area (Å²) in [6.45, 7) is 2.65. The fourth-order valence-electron chi connectivity index (χ4n) is 3.20. The highest BCUT2D eigenvalue weighted by Crippen LogP contribution is 2.35. The van der Waals surface area contributed by atoms with E-state index < -0.39 is 0 Å². The third kappa shape index (κ3) is 4.04. The predicted octanol–water partition coefficient (Wildman–Crippen LogP) is 7.14. The lowest BCUT2D eigenvalue weighted by Gasteiger charge is -2.06. The minimum absolute atomic E-state index is 0.637. The molecule has 0 aromatic heterocycles. The van der Waals surface area contributed by atoms with Crippen molar-refractivity contribution in [3.05, 3.63) is 91.0 Å². The molecule has 0 fully saturated rings. The second-order valence-electron chi connectivity index (χ2n) is 6.55. The van der Waals surface area contributed by atoms with Crippen LogP contribution in [0.15, 0.2) is 106 Å². The van der Waals surface area contributed by atoms with Crippen molar-refractivity contribution in [1.29, 1.82) is 0 Å². The molecule has 0 saturated carbocycles. The lowest BCUT2D eigenvalue weighted by Crippen LogP contribution is -2.05. The van der Waals surface area contributed by atoms with E-state index in [1.54, 1.807) is 0 Å². The van der Waals surface area contributed by atoms with E-state index in [-0.39, 0.29) is 0 Å². The van der Waals surface area contributed by atoms with Gasteiger partial charge in [-0.15, -0.1) is 0 Å². The fraction of sp³-hybridized carbons (Fsp3) is 0.0833. The molecule has 2 N–H and O–H groups in total. The number of anilines is 1. The van der Waals surface area contributed by atoms with Crippen molar-refractivity contribution in [1.82, 2.24) is 4.70 Å². The highest BCUT2D eigenvalue weighted by Gasteiger charge is 2.22. The molecule has 0 heterocycles. The normalized spacial score (nSPS) is 12.0. The molecule has 0 aliphatic carbocycles. The maximum absolute atomic E-state index is 6.36. The molecule has 0 unspecified atom stereocenters. The molecule has 29 heavy (non-hydrogen) atoms. The second kappa shape index (κ2) is 8.44. The summed E-state index contributed by atoms with van der Waals surface area (Å²) < 4.78 is 1.91.